The minimum atomic E-state index is -3.44. The number of nitrogen functional groups attached to an aromatic ring is 1. The van der Waals surface area contributed by atoms with E-state index in [2.05, 4.69) is 21.9 Å². The minimum Gasteiger partial charge on any atom is -0.382 e. The van der Waals surface area contributed by atoms with Gasteiger partial charge in [0.1, 0.15) is 24.1 Å². The highest BCUT2D eigenvalue weighted by Crippen LogP contribution is 2.49. The summed E-state index contributed by atoms with van der Waals surface area (Å²) in [5.41, 5.74) is 7.05. The lowest BCUT2D eigenvalue weighted by molar-refractivity contribution is -0.0667. The Morgan fingerprint density at radius 1 is 0.925 bits per heavy atom. The van der Waals surface area contributed by atoms with Crippen molar-refractivity contribution in [3.8, 4) is 0 Å². The average Bonchev–Trinajstić information content (AvgIpc) is 3.52. The largest absolute Gasteiger partial charge is 0.382 e. The second-order valence-electron chi connectivity index (χ2n) is 10.7. The Kier molecular flexibility index (Phi) is 14.7. The van der Waals surface area contributed by atoms with E-state index in [1.165, 1.54) is 90.5 Å². The fourth-order valence-corrected chi connectivity index (χ4v) is 6.28. The molecule has 2 aromatic rings. The molecule has 0 aliphatic carbocycles. The smallest absolute Gasteiger partial charge is 0.324 e. The van der Waals surface area contributed by atoms with Crippen LogP contribution in [-0.2, 0) is 30.3 Å². The van der Waals surface area contributed by atoms with Crippen LogP contribution < -0.4 is 5.73 Å². The number of imidazole rings is 1. The Balaban J connectivity index is 1.47. The summed E-state index contributed by atoms with van der Waals surface area (Å²) in [5.74, 6) is 0.298. The summed E-state index contributed by atoms with van der Waals surface area (Å²) in [4.78, 5) is 23.2. The molecule has 1 fully saturated rings. The predicted octanol–water partition coefficient (Wildman–Crippen LogP) is 6.83. The SMILES string of the molecule is CCCCCCCCCCCCCCCCOC1C(OP(O)(=S)OC)C(CC)OC1n1cnc2c(N)ncnc21. The molecule has 3 N–H and O–H groups in total. The molecule has 5 atom stereocenters. The summed E-state index contributed by atoms with van der Waals surface area (Å²) in [6, 6.07) is 0. The molecule has 10 nitrogen and oxygen atoms in total. The number of fused-ring (bicyclic) bond motifs is 1. The lowest BCUT2D eigenvalue weighted by Crippen LogP contribution is -2.36. The average molecular weight is 600 g/mol. The molecule has 0 amide bonds. The van der Waals surface area contributed by atoms with Gasteiger partial charge in [-0.1, -0.05) is 97.3 Å². The maximum Gasteiger partial charge on any atom is 0.324 e. The molecule has 5 unspecified atom stereocenters. The van der Waals surface area contributed by atoms with Gasteiger partial charge in [-0.2, -0.15) is 0 Å². The molecule has 12 heteroatoms. The first-order chi connectivity index (χ1) is 19.4. The molecule has 0 aromatic carbocycles. The van der Waals surface area contributed by atoms with Gasteiger partial charge >= 0.3 is 6.72 Å². The van der Waals surface area contributed by atoms with E-state index in [-0.39, 0.29) is 6.10 Å². The molecule has 0 bridgehead atoms. The van der Waals surface area contributed by atoms with Gasteiger partial charge in [0.15, 0.2) is 17.7 Å². The first-order valence-corrected chi connectivity index (χ1v) is 17.8. The van der Waals surface area contributed by atoms with Gasteiger partial charge < -0.3 is 24.6 Å². The third-order valence-electron chi connectivity index (χ3n) is 7.64. The van der Waals surface area contributed by atoms with Crippen molar-refractivity contribution in [2.45, 2.75) is 135 Å². The zero-order chi connectivity index (χ0) is 28.8. The van der Waals surface area contributed by atoms with Crippen LogP contribution in [0.1, 0.15) is 116 Å². The number of nitrogens with two attached hydrogens (primary N) is 1. The van der Waals surface area contributed by atoms with Crippen LogP contribution in [-0.4, -0.2) is 56.4 Å². The zero-order valence-corrected chi connectivity index (χ0v) is 26.3. The lowest BCUT2D eigenvalue weighted by Gasteiger charge is -2.27. The highest BCUT2D eigenvalue weighted by Gasteiger charge is 2.49. The molecule has 1 aliphatic rings. The highest BCUT2D eigenvalue weighted by atomic mass is 32.5. The van der Waals surface area contributed by atoms with Crippen LogP contribution in [0.4, 0.5) is 5.82 Å². The van der Waals surface area contributed by atoms with Crippen molar-refractivity contribution in [1.29, 1.82) is 0 Å². The summed E-state index contributed by atoms with van der Waals surface area (Å²) in [7, 11) is 1.35. The first-order valence-electron chi connectivity index (χ1n) is 15.2. The van der Waals surface area contributed by atoms with Crippen molar-refractivity contribution in [3.63, 3.8) is 0 Å². The molecule has 40 heavy (non-hydrogen) atoms. The van der Waals surface area contributed by atoms with Crippen LogP contribution in [0.2, 0.25) is 0 Å². The maximum absolute atomic E-state index is 10.5. The standard InChI is InChI=1S/C28H50N5O5PS/c1-4-6-7-8-9-10-11-12-13-14-15-16-17-18-19-36-25-24(38-39(34,40)35-3)22(5-2)37-28(25)33-21-32-23-26(29)30-20-31-27(23)33/h20-22,24-25,28H,4-19H2,1-3H3,(H,34,40)(H2,29,30,31). The van der Waals surface area contributed by atoms with Gasteiger partial charge in [0.05, 0.1) is 12.4 Å². The molecule has 0 radical (unpaired) electrons. The minimum absolute atomic E-state index is 0.298. The molecule has 0 saturated carbocycles. The fraction of sp³-hybridized carbons (Fsp3) is 0.821. The van der Waals surface area contributed by atoms with Crippen LogP contribution in [0.25, 0.3) is 11.2 Å². The van der Waals surface area contributed by atoms with Gasteiger partial charge in [-0.15, -0.1) is 0 Å². The van der Waals surface area contributed by atoms with Crippen LogP contribution in [0.3, 0.4) is 0 Å². The van der Waals surface area contributed by atoms with E-state index >= 15 is 0 Å². The second-order valence-corrected chi connectivity index (χ2v) is 13.6. The Bertz CT molecular complexity index is 1040. The van der Waals surface area contributed by atoms with E-state index in [1.54, 1.807) is 10.9 Å². The van der Waals surface area contributed by atoms with Crippen LogP contribution in [0, 0.1) is 0 Å². The van der Waals surface area contributed by atoms with E-state index in [1.807, 2.05) is 6.92 Å². The van der Waals surface area contributed by atoms with E-state index in [0.717, 1.165) is 12.8 Å². The summed E-state index contributed by atoms with van der Waals surface area (Å²) >= 11 is 5.17. The van der Waals surface area contributed by atoms with Crippen LogP contribution in [0.5, 0.6) is 0 Å². The van der Waals surface area contributed by atoms with E-state index in [9.17, 15) is 4.89 Å². The molecule has 0 spiro atoms. The van der Waals surface area contributed by atoms with Crippen molar-refractivity contribution in [2.75, 3.05) is 19.5 Å². The van der Waals surface area contributed by atoms with Crippen molar-refractivity contribution in [3.05, 3.63) is 12.7 Å². The first kappa shape index (κ1) is 33.3. The van der Waals surface area contributed by atoms with Crippen molar-refractivity contribution >= 4 is 35.5 Å². The molecule has 228 valence electrons. The van der Waals surface area contributed by atoms with Gasteiger partial charge in [-0.3, -0.25) is 9.09 Å². The quantitative estimate of drug-likeness (QED) is 0.116. The van der Waals surface area contributed by atoms with E-state index < -0.39 is 25.2 Å². The number of hydrogen-bond acceptors (Lipinski definition) is 9. The summed E-state index contributed by atoms with van der Waals surface area (Å²) < 4.78 is 25.6. The number of unbranched alkanes of at least 4 members (excludes halogenated alkanes) is 13. The molecular weight excluding hydrogens is 549 g/mol. The zero-order valence-electron chi connectivity index (χ0n) is 24.6. The normalized spacial score (nSPS) is 22.7. The van der Waals surface area contributed by atoms with Crippen LogP contribution in [0.15, 0.2) is 12.7 Å². The molecule has 1 aliphatic heterocycles. The maximum atomic E-state index is 10.5. The number of anilines is 1. The Hall–Kier alpha value is -1.20. The number of rotatable bonds is 21. The topological polar surface area (TPSA) is 127 Å². The third-order valence-corrected chi connectivity index (χ3v) is 9.32. The molecule has 2 aromatic heterocycles. The Labute approximate surface area is 245 Å². The Morgan fingerprint density at radius 3 is 2.10 bits per heavy atom. The van der Waals surface area contributed by atoms with Gasteiger partial charge in [-0.25, -0.2) is 15.0 Å². The molecule has 1 saturated heterocycles. The molecular formula is C28H50N5O5PS. The summed E-state index contributed by atoms with van der Waals surface area (Å²) in [6.07, 6.45) is 19.8. The number of hydrogen-bond donors (Lipinski definition) is 2. The lowest BCUT2D eigenvalue weighted by atomic mass is 10.0. The van der Waals surface area contributed by atoms with Crippen molar-refractivity contribution in [2.24, 2.45) is 0 Å². The third kappa shape index (κ3) is 9.96. The fourth-order valence-electron chi connectivity index (χ4n) is 5.33. The second kappa shape index (κ2) is 17.7. The number of ether oxygens (including phenoxy) is 2. The van der Waals surface area contributed by atoms with Gasteiger partial charge in [0.2, 0.25) is 0 Å². The van der Waals surface area contributed by atoms with Crippen molar-refractivity contribution in [1.82, 2.24) is 19.5 Å². The summed E-state index contributed by atoms with van der Waals surface area (Å²) in [6.45, 7) is 1.37. The molecule has 3 heterocycles. The number of aromatic nitrogens is 4. The Morgan fingerprint density at radius 2 is 1.52 bits per heavy atom. The summed E-state index contributed by atoms with van der Waals surface area (Å²) in [5, 5.41) is 0. The number of nitrogens with zero attached hydrogens (tertiary/aromatic N) is 4. The predicted molar refractivity (Wildman–Crippen MR) is 162 cm³/mol. The monoisotopic (exact) mass is 599 g/mol. The molecule has 3 rings (SSSR count). The van der Waals surface area contributed by atoms with Gasteiger partial charge in [0, 0.05) is 13.7 Å². The van der Waals surface area contributed by atoms with E-state index in [0.29, 0.717) is 30.0 Å². The van der Waals surface area contributed by atoms with Crippen molar-refractivity contribution < 1.29 is 23.4 Å². The highest BCUT2D eigenvalue weighted by molar-refractivity contribution is 8.07. The van der Waals surface area contributed by atoms with Gasteiger partial charge in [-0.05, 0) is 24.6 Å². The van der Waals surface area contributed by atoms with Gasteiger partial charge in [0.25, 0.3) is 0 Å². The van der Waals surface area contributed by atoms with Crippen LogP contribution >= 0.6 is 6.72 Å². The van der Waals surface area contributed by atoms with E-state index in [4.69, 9.17) is 36.1 Å².